The molecule has 1 unspecified atom stereocenters. The van der Waals surface area contributed by atoms with Crippen molar-refractivity contribution in [2.24, 2.45) is 0 Å². The predicted molar refractivity (Wildman–Crippen MR) is 101 cm³/mol. The quantitative estimate of drug-likeness (QED) is 0.417. The van der Waals surface area contributed by atoms with Gasteiger partial charge in [-0.2, -0.15) is 0 Å². The Kier molecular flexibility index (Phi) is 9.60. The maximum atomic E-state index is 2.41. The molecule has 1 nitrogen and oxygen atoms in total. The maximum Gasteiger partial charge on any atom is 0.0926 e. The number of hydrogen-bond donors (Lipinski definition) is 0. The standard InChI is InChI=1S/C22H32N.HI/c1-4-12-22(19-21-15-9-6-10-16-21)23(2,3)18-11-17-20-13-7-5-8-14-20;/h5-10,13-16,22H,4,11-12,17-19H2,1-3H3;1H/q+1;/p-1. The van der Waals surface area contributed by atoms with E-state index >= 15 is 0 Å². The van der Waals surface area contributed by atoms with Crippen LogP contribution < -0.4 is 24.0 Å². The summed E-state index contributed by atoms with van der Waals surface area (Å²) in [5, 5.41) is 0. The molecule has 24 heavy (non-hydrogen) atoms. The fourth-order valence-electron chi connectivity index (χ4n) is 3.44. The summed E-state index contributed by atoms with van der Waals surface area (Å²) in [6.07, 6.45) is 6.19. The lowest BCUT2D eigenvalue weighted by molar-refractivity contribution is -0.915. The Morgan fingerprint density at radius 2 is 1.38 bits per heavy atom. The first kappa shape index (κ1) is 21.2. The molecule has 0 heterocycles. The Balaban J connectivity index is 0.00000288. The minimum Gasteiger partial charge on any atom is -1.00 e. The van der Waals surface area contributed by atoms with Crippen molar-refractivity contribution in [2.45, 2.75) is 45.1 Å². The monoisotopic (exact) mass is 437 g/mol. The average molecular weight is 437 g/mol. The lowest BCUT2D eigenvalue weighted by atomic mass is 9.98. The van der Waals surface area contributed by atoms with Crippen molar-refractivity contribution >= 4 is 0 Å². The highest BCUT2D eigenvalue weighted by Crippen LogP contribution is 2.19. The Morgan fingerprint density at radius 3 is 1.92 bits per heavy atom. The number of rotatable bonds is 9. The van der Waals surface area contributed by atoms with Crippen LogP contribution in [0.25, 0.3) is 0 Å². The smallest absolute Gasteiger partial charge is 0.0926 e. The molecule has 2 aromatic carbocycles. The minimum atomic E-state index is 0. The van der Waals surface area contributed by atoms with E-state index in [9.17, 15) is 0 Å². The first-order chi connectivity index (χ1) is 11.1. The number of likely N-dealkylation sites (N-methyl/N-ethyl adjacent to an activating group) is 1. The zero-order valence-electron chi connectivity index (χ0n) is 15.4. The van der Waals surface area contributed by atoms with E-state index in [4.69, 9.17) is 0 Å². The van der Waals surface area contributed by atoms with Crippen molar-refractivity contribution in [3.63, 3.8) is 0 Å². The lowest BCUT2D eigenvalue weighted by Crippen LogP contribution is -3.00. The molecule has 0 radical (unpaired) electrons. The molecule has 2 aromatic rings. The van der Waals surface area contributed by atoms with Gasteiger partial charge in [0.1, 0.15) is 0 Å². The number of halogens is 1. The minimum absolute atomic E-state index is 0. The molecule has 1 atom stereocenters. The molecule has 0 saturated heterocycles. The number of benzene rings is 2. The summed E-state index contributed by atoms with van der Waals surface area (Å²) in [4.78, 5) is 0. The topological polar surface area (TPSA) is 0 Å². The average Bonchev–Trinajstić information content (AvgIpc) is 2.56. The Hall–Kier alpha value is -0.870. The molecule has 0 aliphatic rings. The number of nitrogens with zero attached hydrogens (tertiary/aromatic N) is 1. The summed E-state index contributed by atoms with van der Waals surface area (Å²) in [7, 11) is 4.82. The van der Waals surface area contributed by atoms with Crippen LogP contribution in [0.5, 0.6) is 0 Å². The molecule has 0 bridgehead atoms. The molecule has 0 amide bonds. The summed E-state index contributed by atoms with van der Waals surface area (Å²) in [5.41, 5.74) is 2.93. The molecule has 0 spiro atoms. The van der Waals surface area contributed by atoms with E-state index in [0.29, 0.717) is 6.04 Å². The van der Waals surface area contributed by atoms with Gasteiger partial charge in [-0.15, -0.1) is 0 Å². The van der Waals surface area contributed by atoms with Crippen LogP contribution >= 0.6 is 0 Å². The molecule has 132 valence electrons. The second-order valence-corrected chi connectivity index (χ2v) is 7.22. The fraction of sp³-hybridized carbons (Fsp3) is 0.455. The van der Waals surface area contributed by atoms with Crippen LogP contribution in [-0.2, 0) is 12.8 Å². The van der Waals surface area contributed by atoms with E-state index in [0.717, 1.165) is 4.48 Å². The van der Waals surface area contributed by atoms with Gasteiger partial charge in [-0.25, -0.2) is 0 Å². The van der Waals surface area contributed by atoms with Crippen LogP contribution in [0.4, 0.5) is 0 Å². The van der Waals surface area contributed by atoms with Gasteiger partial charge in [-0.05, 0) is 24.0 Å². The van der Waals surface area contributed by atoms with E-state index in [1.165, 1.54) is 49.8 Å². The molecule has 2 heteroatoms. The van der Waals surface area contributed by atoms with Crippen LogP contribution in [0.2, 0.25) is 0 Å². The Bertz CT molecular complexity index is 551. The molecule has 0 aliphatic heterocycles. The summed E-state index contributed by atoms with van der Waals surface area (Å²) >= 11 is 0. The van der Waals surface area contributed by atoms with Gasteiger partial charge >= 0.3 is 0 Å². The highest BCUT2D eigenvalue weighted by Gasteiger charge is 2.27. The summed E-state index contributed by atoms with van der Waals surface area (Å²) < 4.78 is 1.12. The first-order valence-corrected chi connectivity index (χ1v) is 9.02. The molecule has 0 fully saturated rings. The van der Waals surface area contributed by atoms with Crippen molar-refractivity contribution in [1.82, 2.24) is 0 Å². The summed E-state index contributed by atoms with van der Waals surface area (Å²) in [6, 6.07) is 22.5. The Morgan fingerprint density at radius 1 is 0.833 bits per heavy atom. The van der Waals surface area contributed by atoms with Gasteiger partial charge in [0, 0.05) is 12.8 Å². The van der Waals surface area contributed by atoms with Crippen molar-refractivity contribution in [3.8, 4) is 0 Å². The van der Waals surface area contributed by atoms with Crippen LogP contribution in [0.3, 0.4) is 0 Å². The fourth-order valence-corrected chi connectivity index (χ4v) is 3.44. The van der Waals surface area contributed by atoms with Gasteiger partial charge in [0.15, 0.2) is 0 Å². The van der Waals surface area contributed by atoms with Gasteiger partial charge in [0.25, 0.3) is 0 Å². The second kappa shape index (κ2) is 10.9. The highest BCUT2D eigenvalue weighted by molar-refractivity contribution is 5.16. The van der Waals surface area contributed by atoms with Crippen LogP contribution in [-0.4, -0.2) is 31.2 Å². The van der Waals surface area contributed by atoms with E-state index in [2.05, 4.69) is 81.7 Å². The highest BCUT2D eigenvalue weighted by atomic mass is 127. The van der Waals surface area contributed by atoms with Crippen molar-refractivity contribution in [3.05, 3.63) is 71.8 Å². The van der Waals surface area contributed by atoms with Crippen LogP contribution in [0, 0.1) is 0 Å². The van der Waals surface area contributed by atoms with Crippen LogP contribution in [0.15, 0.2) is 60.7 Å². The van der Waals surface area contributed by atoms with Gasteiger partial charge < -0.3 is 28.5 Å². The van der Waals surface area contributed by atoms with Crippen molar-refractivity contribution in [1.29, 1.82) is 0 Å². The van der Waals surface area contributed by atoms with E-state index < -0.39 is 0 Å². The molecular formula is C22H32IN. The number of aryl methyl sites for hydroxylation is 1. The van der Waals surface area contributed by atoms with E-state index in [1.54, 1.807) is 0 Å². The van der Waals surface area contributed by atoms with Gasteiger partial charge in [0.05, 0.1) is 26.7 Å². The molecule has 0 aromatic heterocycles. The number of quaternary nitrogens is 1. The third-order valence-corrected chi connectivity index (χ3v) is 4.97. The number of hydrogen-bond acceptors (Lipinski definition) is 0. The van der Waals surface area contributed by atoms with Crippen LogP contribution in [0.1, 0.15) is 37.3 Å². The van der Waals surface area contributed by atoms with E-state index in [1.807, 2.05) is 0 Å². The lowest BCUT2D eigenvalue weighted by Gasteiger charge is -2.38. The van der Waals surface area contributed by atoms with Gasteiger partial charge in [-0.1, -0.05) is 74.0 Å². The second-order valence-electron chi connectivity index (χ2n) is 7.22. The largest absolute Gasteiger partial charge is 1.00 e. The Labute approximate surface area is 165 Å². The summed E-state index contributed by atoms with van der Waals surface area (Å²) in [5.74, 6) is 0. The molecule has 0 saturated carbocycles. The third kappa shape index (κ3) is 6.94. The maximum absolute atomic E-state index is 2.41. The zero-order chi connectivity index (χ0) is 16.5. The van der Waals surface area contributed by atoms with Gasteiger partial charge in [-0.3, -0.25) is 0 Å². The molecular weight excluding hydrogens is 405 g/mol. The van der Waals surface area contributed by atoms with Gasteiger partial charge in [0.2, 0.25) is 0 Å². The molecule has 0 N–H and O–H groups in total. The SMILES string of the molecule is CCCC(Cc1ccccc1)[N+](C)(C)CCCc1ccccc1.[I-]. The normalized spacial score (nSPS) is 12.5. The van der Waals surface area contributed by atoms with Crippen molar-refractivity contribution in [2.75, 3.05) is 20.6 Å². The molecule has 0 aliphatic carbocycles. The van der Waals surface area contributed by atoms with E-state index in [-0.39, 0.29) is 24.0 Å². The predicted octanol–water partition coefficient (Wildman–Crippen LogP) is 2.11. The van der Waals surface area contributed by atoms with Crippen molar-refractivity contribution < 1.29 is 28.5 Å². The zero-order valence-corrected chi connectivity index (χ0v) is 17.6. The first-order valence-electron chi connectivity index (χ1n) is 9.02. The third-order valence-electron chi connectivity index (χ3n) is 4.97. The molecule has 2 rings (SSSR count). The summed E-state index contributed by atoms with van der Waals surface area (Å²) in [6.45, 7) is 3.55.